The van der Waals surface area contributed by atoms with Crippen molar-refractivity contribution in [3.05, 3.63) is 173 Å². The molecule has 0 saturated carbocycles. The van der Waals surface area contributed by atoms with Crippen LogP contribution in [0.15, 0.2) is 127 Å². The number of carbonyl (C=O) groups excluding carboxylic acids is 3. The molecule has 0 spiro atoms. The predicted octanol–water partition coefficient (Wildman–Crippen LogP) is 11.2. The molecule has 3 amide bonds. The normalized spacial score (nSPS) is 9.78. The number of phenolic OH excluding ortho intramolecular Hbond substituents is 1. The summed E-state index contributed by atoms with van der Waals surface area (Å²) in [7, 11) is 0. The molecule has 6 aromatic rings. The van der Waals surface area contributed by atoms with Gasteiger partial charge in [0.1, 0.15) is 23.0 Å². The molecule has 6 aromatic carbocycles. The average Bonchev–Trinajstić information content (AvgIpc) is 3.22. The van der Waals surface area contributed by atoms with Crippen LogP contribution < -0.4 is 31.2 Å². The second kappa shape index (κ2) is 24.4. The van der Waals surface area contributed by atoms with Gasteiger partial charge in [0.2, 0.25) is 23.5 Å². The number of hydrogen-bond donors (Lipinski definition) is 5. The molecule has 332 valence electrons. The molecule has 64 heavy (non-hydrogen) atoms. The fraction of sp³-hybridized carbons (Fsp3) is 0.0714. The van der Waals surface area contributed by atoms with Crippen molar-refractivity contribution in [1.29, 1.82) is 0 Å². The molecule has 0 saturated heterocycles. The topological polar surface area (TPSA) is 281 Å². The summed E-state index contributed by atoms with van der Waals surface area (Å²) < 4.78 is 11.1. The van der Waals surface area contributed by atoms with Crippen LogP contribution in [-0.4, -0.2) is 37.6 Å². The molecule has 0 aliphatic rings. The number of nitrogen functional groups attached to an aromatic ring is 1. The molecule has 0 heterocycles. The summed E-state index contributed by atoms with van der Waals surface area (Å²) in [6, 6.07) is 32.2. The number of nitro groups is 3. The number of ether oxygens (including phenoxy) is 2. The largest absolute Gasteiger partial charge is 0.508 e. The monoisotopic (exact) mass is 935 g/mol. The summed E-state index contributed by atoms with van der Waals surface area (Å²) in [5, 5.41) is 49.2. The number of anilines is 4. The fourth-order valence-corrected chi connectivity index (χ4v) is 5.26. The van der Waals surface area contributed by atoms with Crippen LogP contribution in [0, 0.1) is 30.3 Å². The Bertz CT molecular complexity index is 2620. The number of rotatable bonds is 10. The number of amides is 3. The third-order valence-electron chi connectivity index (χ3n) is 7.41. The first kappa shape index (κ1) is 50.4. The van der Waals surface area contributed by atoms with Gasteiger partial charge in [-0.05, 0) is 109 Å². The zero-order valence-corrected chi connectivity index (χ0v) is 35.9. The summed E-state index contributed by atoms with van der Waals surface area (Å²) in [6.07, 6.45) is 0. The van der Waals surface area contributed by atoms with Crippen LogP contribution in [-0.2, 0) is 14.4 Å². The number of nitrogens with one attached hydrogen (secondary N) is 3. The number of aromatic hydroxyl groups is 1. The molecule has 0 aliphatic carbocycles. The van der Waals surface area contributed by atoms with Crippen LogP contribution in [0.3, 0.4) is 0 Å². The zero-order chi connectivity index (χ0) is 47.5. The average molecular weight is 937 g/mol. The molecular weight excluding hydrogens is 901 g/mol. The van der Waals surface area contributed by atoms with E-state index in [-0.39, 0.29) is 45.0 Å². The van der Waals surface area contributed by atoms with Crippen LogP contribution >= 0.6 is 34.8 Å². The number of nitro benzene ring substituents is 3. The van der Waals surface area contributed by atoms with Crippen LogP contribution in [0.2, 0.25) is 15.1 Å². The Labute approximate surface area is 378 Å². The van der Waals surface area contributed by atoms with Crippen molar-refractivity contribution in [3.63, 3.8) is 0 Å². The molecule has 19 nitrogen and oxygen atoms in total. The van der Waals surface area contributed by atoms with Gasteiger partial charge in [-0.2, -0.15) is 0 Å². The van der Waals surface area contributed by atoms with E-state index in [1.54, 1.807) is 78.9 Å². The first-order valence-corrected chi connectivity index (χ1v) is 19.1. The summed E-state index contributed by atoms with van der Waals surface area (Å²) >= 11 is 17.0. The van der Waals surface area contributed by atoms with E-state index in [2.05, 4.69) is 16.0 Å². The van der Waals surface area contributed by atoms with Gasteiger partial charge in [-0.3, -0.25) is 44.7 Å². The van der Waals surface area contributed by atoms with Crippen LogP contribution in [0.5, 0.6) is 28.7 Å². The van der Waals surface area contributed by atoms with Crippen molar-refractivity contribution < 1.29 is 43.7 Å². The molecule has 0 atom stereocenters. The highest BCUT2D eigenvalue weighted by molar-refractivity contribution is 6.31. The quantitative estimate of drug-likeness (QED) is 0.0370. The van der Waals surface area contributed by atoms with Crippen molar-refractivity contribution in [3.8, 4) is 28.7 Å². The molecule has 22 heteroatoms. The number of nitrogens with two attached hydrogens (primary N) is 1. The van der Waals surface area contributed by atoms with E-state index in [9.17, 15) is 44.7 Å². The van der Waals surface area contributed by atoms with Crippen molar-refractivity contribution in [2.75, 3.05) is 21.7 Å². The van der Waals surface area contributed by atoms with Gasteiger partial charge in [-0.15, -0.1) is 0 Å². The molecule has 0 fully saturated rings. The highest BCUT2D eigenvalue weighted by atomic mass is 35.5. The zero-order valence-electron chi connectivity index (χ0n) is 33.6. The van der Waals surface area contributed by atoms with E-state index in [0.29, 0.717) is 45.0 Å². The van der Waals surface area contributed by atoms with Crippen molar-refractivity contribution in [2.45, 2.75) is 20.8 Å². The molecule has 0 unspecified atom stereocenters. The number of carbonyl (C=O) groups is 3. The molecule has 0 aromatic heterocycles. The maximum Gasteiger partial charge on any atom is 0.347 e. The second-order valence-electron chi connectivity index (χ2n) is 12.5. The molecule has 0 bridgehead atoms. The summed E-state index contributed by atoms with van der Waals surface area (Å²) in [4.78, 5) is 61.7. The lowest BCUT2D eigenvalue weighted by Gasteiger charge is -2.09. The maximum absolute atomic E-state index is 11.0. The smallest absolute Gasteiger partial charge is 0.347 e. The van der Waals surface area contributed by atoms with E-state index in [4.69, 9.17) is 55.1 Å². The van der Waals surface area contributed by atoms with E-state index in [1.165, 1.54) is 57.2 Å². The van der Waals surface area contributed by atoms with Crippen LogP contribution in [0.1, 0.15) is 20.8 Å². The van der Waals surface area contributed by atoms with Crippen LogP contribution in [0.25, 0.3) is 0 Å². The Morgan fingerprint density at radius 3 is 1.23 bits per heavy atom. The molecular formula is C42H36Cl3N7O12. The molecule has 0 radical (unpaired) electrons. The van der Waals surface area contributed by atoms with Gasteiger partial charge in [-0.25, -0.2) is 0 Å². The van der Waals surface area contributed by atoms with Gasteiger partial charge in [0.05, 0.1) is 20.5 Å². The highest BCUT2D eigenvalue weighted by Crippen LogP contribution is 2.34. The minimum atomic E-state index is -0.843. The van der Waals surface area contributed by atoms with Gasteiger partial charge < -0.3 is 36.3 Å². The lowest BCUT2D eigenvalue weighted by molar-refractivity contribution is -0.422. The van der Waals surface area contributed by atoms with Crippen molar-refractivity contribution in [2.24, 2.45) is 0 Å². The number of halogens is 3. The van der Waals surface area contributed by atoms with Crippen LogP contribution in [0.4, 0.5) is 39.8 Å². The predicted molar refractivity (Wildman–Crippen MR) is 243 cm³/mol. The van der Waals surface area contributed by atoms with E-state index < -0.39 is 26.1 Å². The number of benzene rings is 6. The molecule has 6 N–H and O–H groups in total. The van der Waals surface area contributed by atoms with Gasteiger partial charge in [0.25, 0.3) is 0 Å². The summed E-state index contributed by atoms with van der Waals surface area (Å²) in [6.45, 7) is 4.30. The lowest BCUT2D eigenvalue weighted by atomic mass is 10.2. The number of phenols is 1. The second-order valence-corrected chi connectivity index (χ2v) is 13.9. The Morgan fingerprint density at radius 2 is 0.844 bits per heavy atom. The third kappa shape index (κ3) is 17.5. The SMILES string of the molecule is CC(=O)Nc1ccc(O)cc1.CC(=O)Nc1ccc(Oc2ccc(Cl)cc2N)cc1.CC(=O)Nc1ccc(Oc2ccc(Cl)cc2[N+](=O)[O-])cc1.O=[N+]([O-])c1ccc(Cl)cc1[N+](=O)[O-]. The van der Waals surface area contributed by atoms with Gasteiger partial charge >= 0.3 is 17.1 Å². The van der Waals surface area contributed by atoms with E-state index >= 15 is 0 Å². The van der Waals surface area contributed by atoms with Gasteiger partial charge in [0, 0.05) is 71.1 Å². The Morgan fingerprint density at radius 1 is 0.500 bits per heavy atom. The Balaban J connectivity index is 0.000000234. The summed E-state index contributed by atoms with van der Waals surface area (Å²) in [5.41, 5.74) is 6.91. The lowest BCUT2D eigenvalue weighted by Crippen LogP contribution is -2.05. The number of hydrogen-bond acceptors (Lipinski definition) is 13. The fourth-order valence-electron chi connectivity index (χ4n) is 4.75. The highest BCUT2D eigenvalue weighted by Gasteiger charge is 2.23. The Hall–Kier alpha value is -8.00. The number of nitrogens with zero attached hydrogens (tertiary/aromatic N) is 3. The van der Waals surface area contributed by atoms with E-state index in [0.717, 1.165) is 12.1 Å². The Kier molecular flexibility index (Phi) is 19.2. The van der Waals surface area contributed by atoms with Crippen molar-refractivity contribution >= 4 is 92.3 Å². The molecule has 6 rings (SSSR count). The maximum atomic E-state index is 11.0. The van der Waals surface area contributed by atoms with Gasteiger partial charge in [0.15, 0.2) is 0 Å². The summed E-state index contributed by atoms with van der Waals surface area (Å²) in [5.74, 6) is 1.45. The van der Waals surface area contributed by atoms with Crippen molar-refractivity contribution in [1.82, 2.24) is 0 Å². The third-order valence-corrected chi connectivity index (χ3v) is 8.12. The minimum absolute atomic E-state index is 0.0941. The molecule has 0 aliphatic heterocycles. The minimum Gasteiger partial charge on any atom is -0.508 e. The first-order valence-electron chi connectivity index (χ1n) is 18.0. The van der Waals surface area contributed by atoms with E-state index in [1.807, 2.05) is 0 Å². The van der Waals surface area contributed by atoms with Gasteiger partial charge in [-0.1, -0.05) is 34.8 Å². The standard InChI is InChI=1S/C14H11ClN2O4.C14H13ClN2O2.C8H9NO2.C6H3ClN2O4/c1-9(18)16-11-3-5-12(6-4-11)21-14-7-2-10(15)8-13(14)17(19)20;1-9(18)17-11-3-5-12(6-4-11)19-14-7-2-10(15)8-13(14)16;1-6(10)9-7-2-4-8(11)5-3-7;7-4-1-2-5(8(10)11)6(3-4)9(12)13/h2-8H,1H3,(H,16,18);2-8H,16H2,1H3,(H,17,18);2-5,11H,1H3,(H,9,10);1-3H. The first-order chi connectivity index (χ1) is 30.2.